The minimum absolute atomic E-state index is 0.201. The maximum Gasteiger partial charge on any atom is 0.314 e. The summed E-state index contributed by atoms with van der Waals surface area (Å²) in [5.41, 5.74) is 0.975. The second-order valence-corrected chi connectivity index (χ2v) is 3.12. The molecule has 0 atom stereocenters. The highest BCUT2D eigenvalue weighted by molar-refractivity contribution is 5.73. The van der Waals surface area contributed by atoms with Crippen LogP contribution in [0.25, 0.3) is 0 Å². The minimum Gasteiger partial charge on any atom is -0.454 e. The zero-order chi connectivity index (χ0) is 10.7. The molecule has 5 heteroatoms. The van der Waals surface area contributed by atoms with Crippen molar-refractivity contribution in [3.63, 3.8) is 0 Å². The normalized spacial score (nSPS) is 12.3. The summed E-state index contributed by atoms with van der Waals surface area (Å²) in [6, 6.07) is 5.39. The van der Waals surface area contributed by atoms with Gasteiger partial charge in [-0.1, -0.05) is 6.07 Å². The van der Waals surface area contributed by atoms with Crippen LogP contribution in [0.4, 0.5) is 4.79 Å². The topological polar surface area (TPSA) is 59.6 Å². The summed E-state index contributed by atoms with van der Waals surface area (Å²) in [6.45, 7) is 0.734. The Bertz CT molecular complexity index is 379. The molecule has 1 heterocycles. The van der Waals surface area contributed by atoms with E-state index in [1.807, 2.05) is 18.2 Å². The van der Waals surface area contributed by atoms with Crippen LogP contribution in [0.1, 0.15) is 5.56 Å². The summed E-state index contributed by atoms with van der Waals surface area (Å²) in [7, 11) is 1.58. The Labute approximate surface area is 87.4 Å². The van der Waals surface area contributed by atoms with Crippen molar-refractivity contribution in [2.75, 3.05) is 13.8 Å². The molecule has 0 aromatic heterocycles. The third-order valence-corrected chi connectivity index (χ3v) is 2.12. The van der Waals surface area contributed by atoms with Gasteiger partial charge in [0.05, 0.1) is 0 Å². The number of nitrogens with one attached hydrogen (secondary N) is 2. The average molecular weight is 208 g/mol. The highest BCUT2D eigenvalue weighted by Gasteiger charge is 2.12. The first-order valence-electron chi connectivity index (χ1n) is 4.63. The molecule has 0 radical (unpaired) electrons. The molecule has 0 saturated heterocycles. The van der Waals surface area contributed by atoms with Crippen molar-refractivity contribution in [3.05, 3.63) is 23.8 Å². The van der Waals surface area contributed by atoms with Crippen LogP contribution >= 0.6 is 0 Å². The van der Waals surface area contributed by atoms with Gasteiger partial charge in [-0.05, 0) is 17.7 Å². The smallest absolute Gasteiger partial charge is 0.314 e. The first kappa shape index (κ1) is 9.64. The van der Waals surface area contributed by atoms with Crippen molar-refractivity contribution < 1.29 is 14.3 Å². The Morgan fingerprint density at radius 2 is 2.20 bits per heavy atom. The largest absolute Gasteiger partial charge is 0.454 e. The molecule has 2 N–H and O–H groups in total. The Balaban J connectivity index is 2.01. The number of urea groups is 1. The van der Waals surface area contributed by atoms with Gasteiger partial charge in [-0.25, -0.2) is 4.79 Å². The van der Waals surface area contributed by atoms with Crippen molar-refractivity contribution in [3.8, 4) is 11.5 Å². The molecule has 1 aromatic carbocycles. The van der Waals surface area contributed by atoms with Gasteiger partial charge in [0, 0.05) is 13.6 Å². The average Bonchev–Trinajstić information content (AvgIpc) is 2.72. The summed E-state index contributed by atoms with van der Waals surface area (Å²) in [5, 5.41) is 5.17. The zero-order valence-electron chi connectivity index (χ0n) is 8.37. The van der Waals surface area contributed by atoms with Gasteiger partial charge in [-0.2, -0.15) is 0 Å². The maximum atomic E-state index is 10.9. The van der Waals surface area contributed by atoms with Crippen LogP contribution in [0.2, 0.25) is 0 Å². The van der Waals surface area contributed by atoms with Gasteiger partial charge in [0.2, 0.25) is 6.79 Å². The van der Waals surface area contributed by atoms with Gasteiger partial charge in [-0.3, -0.25) is 0 Å². The Morgan fingerprint density at radius 1 is 1.40 bits per heavy atom. The number of ether oxygens (including phenoxy) is 2. The SMILES string of the molecule is CNC(=O)NCc1ccc2c(c1)OCO2. The molecule has 1 aromatic rings. The molecule has 0 aliphatic carbocycles. The fraction of sp³-hybridized carbons (Fsp3) is 0.300. The van der Waals surface area contributed by atoms with Gasteiger partial charge >= 0.3 is 6.03 Å². The molecule has 2 rings (SSSR count). The van der Waals surface area contributed by atoms with E-state index in [1.165, 1.54) is 0 Å². The van der Waals surface area contributed by atoms with Gasteiger partial charge in [0.1, 0.15) is 0 Å². The molecule has 0 saturated carbocycles. The molecule has 0 spiro atoms. The molecule has 1 aliphatic heterocycles. The first-order valence-corrected chi connectivity index (χ1v) is 4.63. The number of benzene rings is 1. The van der Waals surface area contributed by atoms with Crippen molar-refractivity contribution >= 4 is 6.03 Å². The minimum atomic E-state index is -0.201. The molecule has 2 amide bonds. The third kappa shape index (κ3) is 2.12. The molecular weight excluding hydrogens is 196 g/mol. The van der Waals surface area contributed by atoms with E-state index >= 15 is 0 Å². The van der Waals surface area contributed by atoms with Crippen LogP contribution in [0.5, 0.6) is 11.5 Å². The molecule has 1 aliphatic rings. The number of carbonyl (C=O) groups excluding carboxylic acids is 1. The Hall–Kier alpha value is -1.91. The fourth-order valence-corrected chi connectivity index (χ4v) is 1.32. The fourth-order valence-electron chi connectivity index (χ4n) is 1.32. The van der Waals surface area contributed by atoms with Gasteiger partial charge in [0.25, 0.3) is 0 Å². The quantitative estimate of drug-likeness (QED) is 0.757. The third-order valence-electron chi connectivity index (χ3n) is 2.12. The van der Waals surface area contributed by atoms with Crippen LogP contribution in [0.15, 0.2) is 18.2 Å². The maximum absolute atomic E-state index is 10.9. The van der Waals surface area contributed by atoms with Gasteiger partial charge in [0.15, 0.2) is 11.5 Å². The molecular formula is C10H12N2O3. The molecule has 0 fully saturated rings. The van der Waals surface area contributed by atoms with E-state index in [0.29, 0.717) is 6.54 Å². The van der Waals surface area contributed by atoms with Gasteiger partial charge < -0.3 is 20.1 Å². The standard InChI is InChI=1S/C10H12N2O3/c1-11-10(13)12-5-7-2-3-8-9(4-7)15-6-14-8/h2-4H,5-6H2,1H3,(H2,11,12,13). The monoisotopic (exact) mass is 208 g/mol. The van der Waals surface area contributed by atoms with Crippen molar-refractivity contribution in [2.24, 2.45) is 0 Å². The summed E-state index contributed by atoms with van der Waals surface area (Å²) in [6.07, 6.45) is 0. The number of rotatable bonds is 2. The van der Waals surface area contributed by atoms with E-state index < -0.39 is 0 Å². The van der Waals surface area contributed by atoms with E-state index in [9.17, 15) is 4.79 Å². The molecule has 0 bridgehead atoms. The van der Waals surface area contributed by atoms with E-state index in [0.717, 1.165) is 17.1 Å². The molecule has 80 valence electrons. The first-order chi connectivity index (χ1) is 7.29. The lowest BCUT2D eigenvalue weighted by molar-refractivity contribution is 0.174. The summed E-state index contributed by atoms with van der Waals surface area (Å²) in [5.74, 6) is 1.48. The molecule has 15 heavy (non-hydrogen) atoms. The van der Waals surface area contributed by atoms with E-state index in [2.05, 4.69) is 10.6 Å². The molecule has 5 nitrogen and oxygen atoms in total. The number of hydrogen-bond donors (Lipinski definition) is 2. The zero-order valence-corrected chi connectivity index (χ0v) is 8.37. The van der Waals surface area contributed by atoms with Crippen molar-refractivity contribution in [1.29, 1.82) is 0 Å². The van der Waals surface area contributed by atoms with E-state index in [1.54, 1.807) is 7.05 Å². The predicted octanol–water partition coefficient (Wildman–Crippen LogP) is 0.844. The molecule has 0 unspecified atom stereocenters. The summed E-state index contributed by atoms with van der Waals surface area (Å²) >= 11 is 0. The van der Waals surface area contributed by atoms with Crippen molar-refractivity contribution in [1.82, 2.24) is 10.6 Å². The Kier molecular flexibility index (Phi) is 2.62. The van der Waals surface area contributed by atoms with Gasteiger partial charge in [-0.15, -0.1) is 0 Å². The lowest BCUT2D eigenvalue weighted by Gasteiger charge is -2.05. The van der Waals surface area contributed by atoms with Crippen molar-refractivity contribution in [2.45, 2.75) is 6.54 Å². The number of fused-ring (bicyclic) bond motifs is 1. The number of hydrogen-bond acceptors (Lipinski definition) is 3. The summed E-state index contributed by atoms with van der Waals surface area (Å²) < 4.78 is 10.4. The number of carbonyl (C=O) groups is 1. The second-order valence-electron chi connectivity index (χ2n) is 3.12. The number of amides is 2. The van der Waals surface area contributed by atoms with Crippen LogP contribution in [-0.4, -0.2) is 19.9 Å². The summed E-state index contributed by atoms with van der Waals surface area (Å²) in [4.78, 5) is 10.9. The lowest BCUT2D eigenvalue weighted by atomic mass is 10.2. The van der Waals surface area contributed by atoms with Crippen LogP contribution < -0.4 is 20.1 Å². The lowest BCUT2D eigenvalue weighted by Crippen LogP contribution is -2.32. The second kappa shape index (κ2) is 4.08. The van der Waals surface area contributed by atoms with E-state index in [4.69, 9.17) is 9.47 Å². The van der Waals surface area contributed by atoms with Crippen LogP contribution in [-0.2, 0) is 6.54 Å². The van der Waals surface area contributed by atoms with E-state index in [-0.39, 0.29) is 12.8 Å². The van der Waals surface area contributed by atoms with Crippen LogP contribution in [0.3, 0.4) is 0 Å². The Morgan fingerprint density at radius 3 is 3.00 bits per heavy atom. The highest BCUT2D eigenvalue weighted by atomic mass is 16.7. The van der Waals surface area contributed by atoms with Crippen LogP contribution in [0, 0.1) is 0 Å². The predicted molar refractivity (Wildman–Crippen MR) is 53.9 cm³/mol. The highest BCUT2D eigenvalue weighted by Crippen LogP contribution is 2.32.